The molecule has 0 radical (unpaired) electrons. The number of halogens is 3. The van der Waals surface area contributed by atoms with Crippen LogP contribution in [0.5, 0.6) is 11.5 Å². The lowest BCUT2D eigenvalue weighted by Gasteiger charge is -2.23. The number of fused-ring (bicyclic) bond motifs is 1. The zero-order chi connectivity index (χ0) is 18.7. The Morgan fingerprint density at radius 1 is 1.19 bits per heavy atom. The number of benzene rings is 1. The van der Waals surface area contributed by atoms with Crippen molar-refractivity contribution in [2.75, 3.05) is 25.1 Å². The Balaban J connectivity index is 1.65. The molecule has 9 heteroatoms. The van der Waals surface area contributed by atoms with Gasteiger partial charge in [-0.05, 0) is 25.0 Å². The minimum absolute atomic E-state index is 0.358. The van der Waals surface area contributed by atoms with Gasteiger partial charge in [-0.15, -0.1) is 0 Å². The standard InChI is InChI=1S/C17H17F3N2O4/c18-17(19,20)15(23)5-7-22-6-1-2-12(22)16(24)21-11-3-4-13-14(10-11)26-9-8-25-13/h3-5,7,10,12H,1-2,6,8-9H2,(H,21,24)/b7-5+/t12-/m0/s1. The minimum Gasteiger partial charge on any atom is -0.486 e. The van der Waals surface area contributed by atoms with Gasteiger partial charge in [-0.1, -0.05) is 0 Å². The molecule has 3 rings (SSSR count). The molecular formula is C17H17F3N2O4. The van der Waals surface area contributed by atoms with Crippen molar-refractivity contribution in [1.29, 1.82) is 0 Å². The van der Waals surface area contributed by atoms with Crippen molar-refractivity contribution >= 4 is 17.4 Å². The molecular weight excluding hydrogens is 353 g/mol. The summed E-state index contributed by atoms with van der Waals surface area (Å²) in [5.41, 5.74) is 0.501. The maximum atomic E-state index is 12.5. The first-order chi connectivity index (χ1) is 12.3. The number of hydrogen-bond donors (Lipinski definition) is 1. The summed E-state index contributed by atoms with van der Waals surface area (Å²) in [6, 6.07) is 4.33. The van der Waals surface area contributed by atoms with Crippen molar-refractivity contribution in [3.63, 3.8) is 0 Å². The zero-order valence-electron chi connectivity index (χ0n) is 13.7. The largest absolute Gasteiger partial charge is 0.486 e. The molecule has 1 N–H and O–H groups in total. The highest BCUT2D eigenvalue weighted by Crippen LogP contribution is 2.33. The summed E-state index contributed by atoms with van der Waals surface area (Å²) >= 11 is 0. The van der Waals surface area contributed by atoms with Crippen LogP contribution in [0.2, 0.25) is 0 Å². The first kappa shape index (κ1) is 18.1. The summed E-state index contributed by atoms with van der Waals surface area (Å²) in [4.78, 5) is 24.9. The van der Waals surface area contributed by atoms with Gasteiger partial charge in [-0.25, -0.2) is 0 Å². The monoisotopic (exact) mass is 370 g/mol. The predicted molar refractivity (Wildman–Crippen MR) is 86.0 cm³/mol. The van der Waals surface area contributed by atoms with Crippen molar-refractivity contribution < 1.29 is 32.2 Å². The third-order valence-corrected chi connectivity index (χ3v) is 4.10. The van der Waals surface area contributed by atoms with E-state index in [-0.39, 0.29) is 5.91 Å². The summed E-state index contributed by atoms with van der Waals surface area (Å²) in [7, 11) is 0. The number of nitrogens with one attached hydrogen (secondary N) is 1. The molecule has 1 aromatic rings. The molecule has 1 atom stereocenters. The highest BCUT2D eigenvalue weighted by Gasteiger charge is 2.37. The maximum absolute atomic E-state index is 12.5. The van der Waals surface area contributed by atoms with E-state index in [1.807, 2.05) is 0 Å². The zero-order valence-corrected chi connectivity index (χ0v) is 13.7. The Hall–Kier alpha value is -2.71. The second-order valence-electron chi connectivity index (χ2n) is 5.92. The van der Waals surface area contributed by atoms with Crippen LogP contribution in [0.1, 0.15) is 12.8 Å². The fourth-order valence-corrected chi connectivity index (χ4v) is 2.85. The highest BCUT2D eigenvalue weighted by atomic mass is 19.4. The van der Waals surface area contributed by atoms with Gasteiger partial charge >= 0.3 is 6.18 Å². The molecule has 1 amide bonds. The maximum Gasteiger partial charge on any atom is 0.454 e. The Bertz CT molecular complexity index is 733. The van der Waals surface area contributed by atoms with Crippen LogP contribution in [-0.2, 0) is 9.59 Å². The number of nitrogens with zero attached hydrogens (tertiary/aromatic N) is 1. The first-order valence-electron chi connectivity index (χ1n) is 8.10. The number of anilines is 1. The van der Waals surface area contributed by atoms with Gasteiger partial charge < -0.3 is 19.7 Å². The normalized spacial score (nSPS) is 19.7. The SMILES string of the molecule is O=C(Nc1ccc2c(c1)OCCO2)[C@@H]1CCCN1/C=C/C(=O)C(F)(F)F. The molecule has 0 unspecified atom stereocenters. The summed E-state index contributed by atoms with van der Waals surface area (Å²) < 4.78 is 47.7. The number of ether oxygens (including phenoxy) is 2. The van der Waals surface area contributed by atoms with Gasteiger partial charge in [0.15, 0.2) is 11.5 Å². The van der Waals surface area contributed by atoms with Gasteiger partial charge in [0, 0.05) is 30.6 Å². The van der Waals surface area contributed by atoms with E-state index in [0.29, 0.717) is 55.9 Å². The smallest absolute Gasteiger partial charge is 0.454 e. The van der Waals surface area contributed by atoms with Crippen molar-refractivity contribution in [3.8, 4) is 11.5 Å². The molecule has 0 saturated carbocycles. The van der Waals surface area contributed by atoms with Gasteiger partial charge in [0.25, 0.3) is 5.78 Å². The number of alkyl halides is 3. The molecule has 26 heavy (non-hydrogen) atoms. The Morgan fingerprint density at radius 3 is 2.65 bits per heavy atom. The fraction of sp³-hybridized carbons (Fsp3) is 0.412. The van der Waals surface area contributed by atoms with Crippen molar-refractivity contribution in [2.24, 2.45) is 0 Å². The van der Waals surface area contributed by atoms with Crippen LogP contribution in [0.25, 0.3) is 0 Å². The number of hydrogen-bond acceptors (Lipinski definition) is 5. The van der Waals surface area contributed by atoms with Crippen LogP contribution < -0.4 is 14.8 Å². The van der Waals surface area contributed by atoms with E-state index in [9.17, 15) is 22.8 Å². The summed E-state index contributed by atoms with van der Waals surface area (Å²) in [5.74, 6) is -1.20. The Kier molecular flexibility index (Phi) is 5.06. The minimum atomic E-state index is -4.92. The quantitative estimate of drug-likeness (QED) is 0.825. The number of likely N-dealkylation sites (tertiary alicyclic amines) is 1. The van der Waals surface area contributed by atoms with Gasteiger partial charge in [0.2, 0.25) is 5.91 Å². The highest BCUT2D eigenvalue weighted by molar-refractivity contribution is 5.96. The summed E-state index contributed by atoms with van der Waals surface area (Å²) in [6.45, 7) is 1.28. The van der Waals surface area contributed by atoms with E-state index in [4.69, 9.17) is 9.47 Å². The number of amides is 1. The Labute approximate surface area is 147 Å². The average Bonchev–Trinajstić information content (AvgIpc) is 3.07. The molecule has 2 heterocycles. The topological polar surface area (TPSA) is 67.9 Å². The molecule has 6 nitrogen and oxygen atoms in total. The van der Waals surface area contributed by atoms with E-state index in [0.717, 1.165) is 6.20 Å². The van der Waals surface area contributed by atoms with Crippen LogP contribution >= 0.6 is 0 Å². The van der Waals surface area contributed by atoms with E-state index in [1.54, 1.807) is 18.2 Å². The molecule has 140 valence electrons. The molecule has 2 aliphatic rings. The molecule has 0 aliphatic carbocycles. The number of carbonyl (C=O) groups is 2. The summed E-state index contributed by atoms with van der Waals surface area (Å²) in [6.07, 6.45) is -2.30. The second kappa shape index (κ2) is 7.27. The molecule has 0 aromatic heterocycles. The lowest BCUT2D eigenvalue weighted by atomic mass is 10.2. The number of rotatable bonds is 4. The van der Waals surface area contributed by atoms with Crippen molar-refractivity contribution in [3.05, 3.63) is 30.5 Å². The first-order valence-corrected chi connectivity index (χ1v) is 8.10. The van der Waals surface area contributed by atoms with Crippen LogP contribution in [0.3, 0.4) is 0 Å². The number of ketones is 1. The molecule has 0 spiro atoms. The van der Waals surface area contributed by atoms with Gasteiger partial charge in [-0.2, -0.15) is 13.2 Å². The molecule has 1 fully saturated rings. The van der Waals surface area contributed by atoms with Gasteiger partial charge in [0.1, 0.15) is 19.3 Å². The lowest BCUT2D eigenvalue weighted by molar-refractivity contribution is -0.165. The number of allylic oxidation sites excluding steroid dienone is 1. The molecule has 1 aromatic carbocycles. The van der Waals surface area contributed by atoms with Crippen LogP contribution in [0.4, 0.5) is 18.9 Å². The van der Waals surface area contributed by atoms with E-state index in [1.165, 1.54) is 4.90 Å². The molecule has 1 saturated heterocycles. The second-order valence-corrected chi connectivity index (χ2v) is 5.92. The lowest BCUT2D eigenvalue weighted by Crippen LogP contribution is -2.36. The van der Waals surface area contributed by atoms with Gasteiger partial charge in [0.05, 0.1) is 0 Å². The third kappa shape index (κ3) is 4.09. The van der Waals surface area contributed by atoms with Crippen molar-refractivity contribution in [2.45, 2.75) is 25.1 Å². The van der Waals surface area contributed by atoms with Crippen LogP contribution in [-0.4, -0.2) is 48.6 Å². The van der Waals surface area contributed by atoms with Crippen LogP contribution in [0, 0.1) is 0 Å². The fourth-order valence-electron chi connectivity index (χ4n) is 2.85. The molecule has 2 aliphatic heterocycles. The van der Waals surface area contributed by atoms with E-state index < -0.39 is 18.0 Å². The third-order valence-electron chi connectivity index (χ3n) is 4.10. The predicted octanol–water partition coefficient (Wildman–Crippen LogP) is 2.51. The molecule has 0 bridgehead atoms. The van der Waals surface area contributed by atoms with E-state index >= 15 is 0 Å². The number of carbonyl (C=O) groups excluding carboxylic acids is 2. The van der Waals surface area contributed by atoms with E-state index in [2.05, 4.69) is 5.32 Å². The summed E-state index contributed by atoms with van der Waals surface area (Å²) in [5, 5.41) is 2.72. The Morgan fingerprint density at radius 2 is 1.92 bits per heavy atom. The van der Waals surface area contributed by atoms with Gasteiger partial charge in [-0.3, -0.25) is 9.59 Å². The average molecular weight is 370 g/mol. The van der Waals surface area contributed by atoms with Crippen LogP contribution in [0.15, 0.2) is 30.5 Å². The van der Waals surface area contributed by atoms with Crippen molar-refractivity contribution in [1.82, 2.24) is 4.90 Å².